The number of anilines is 1. The lowest BCUT2D eigenvalue weighted by Crippen LogP contribution is -2.45. The van der Waals surface area contributed by atoms with E-state index in [1.807, 2.05) is 13.0 Å². The number of hydrogen-bond acceptors (Lipinski definition) is 4. The third-order valence-electron chi connectivity index (χ3n) is 5.20. The Morgan fingerprint density at radius 2 is 2.07 bits per heavy atom. The van der Waals surface area contributed by atoms with E-state index >= 15 is 0 Å². The van der Waals surface area contributed by atoms with E-state index in [4.69, 9.17) is 9.47 Å². The van der Waals surface area contributed by atoms with Crippen molar-refractivity contribution in [1.29, 1.82) is 0 Å². The van der Waals surface area contributed by atoms with E-state index in [9.17, 15) is 9.18 Å². The van der Waals surface area contributed by atoms with Crippen molar-refractivity contribution < 1.29 is 18.7 Å². The lowest BCUT2D eigenvalue weighted by Gasteiger charge is -2.36. The fraction of sp³-hybridized carbons (Fsp3) is 0.455. The molecule has 150 valence electrons. The Labute approximate surface area is 165 Å². The van der Waals surface area contributed by atoms with Gasteiger partial charge in [-0.15, -0.1) is 0 Å². The second-order valence-electron chi connectivity index (χ2n) is 7.18. The maximum atomic E-state index is 14.5. The van der Waals surface area contributed by atoms with Crippen LogP contribution in [0.4, 0.5) is 10.1 Å². The lowest BCUT2D eigenvalue weighted by atomic mass is 9.73. The number of nitrogens with one attached hydrogen (secondary N) is 1. The van der Waals surface area contributed by atoms with Gasteiger partial charge >= 0.3 is 0 Å². The summed E-state index contributed by atoms with van der Waals surface area (Å²) in [4.78, 5) is 17.6. The smallest absolute Gasteiger partial charge is 0.235 e. The molecule has 1 aromatic heterocycles. The molecule has 0 spiro atoms. The number of carbonyl (C=O) groups is 1. The highest BCUT2D eigenvalue weighted by molar-refractivity contribution is 5.99. The summed E-state index contributed by atoms with van der Waals surface area (Å²) in [7, 11) is 0. The van der Waals surface area contributed by atoms with Gasteiger partial charge in [0, 0.05) is 24.3 Å². The average molecular weight is 386 g/mol. The second kappa shape index (κ2) is 9.15. The van der Waals surface area contributed by atoms with Gasteiger partial charge in [0.15, 0.2) is 0 Å². The van der Waals surface area contributed by atoms with E-state index in [0.717, 1.165) is 18.4 Å². The molecule has 28 heavy (non-hydrogen) atoms. The fourth-order valence-corrected chi connectivity index (χ4v) is 3.53. The first-order valence-electron chi connectivity index (χ1n) is 9.80. The van der Waals surface area contributed by atoms with E-state index in [1.165, 1.54) is 6.07 Å². The van der Waals surface area contributed by atoms with Gasteiger partial charge in [-0.2, -0.15) is 0 Å². The van der Waals surface area contributed by atoms with Gasteiger partial charge in [-0.1, -0.05) is 31.5 Å². The van der Waals surface area contributed by atoms with Crippen molar-refractivity contribution >= 4 is 11.6 Å². The maximum Gasteiger partial charge on any atom is 0.235 e. The molecule has 1 aliphatic heterocycles. The number of ether oxygens (including phenoxy) is 2. The number of aromatic nitrogens is 1. The van der Waals surface area contributed by atoms with Crippen molar-refractivity contribution in [2.75, 3.05) is 25.1 Å². The van der Waals surface area contributed by atoms with E-state index in [2.05, 4.69) is 17.2 Å². The van der Waals surface area contributed by atoms with Gasteiger partial charge in [0.1, 0.15) is 5.82 Å². The van der Waals surface area contributed by atoms with Crippen molar-refractivity contribution in [3.63, 3.8) is 0 Å². The minimum Gasteiger partial charge on any atom is -0.477 e. The van der Waals surface area contributed by atoms with Crippen molar-refractivity contribution in [1.82, 2.24) is 4.98 Å². The van der Waals surface area contributed by atoms with Gasteiger partial charge in [-0.3, -0.25) is 4.79 Å². The van der Waals surface area contributed by atoms with Crippen LogP contribution in [0.2, 0.25) is 0 Å². The summed E-state index contributed by atoms with van der Waals surface area (Å²) in [6, 6.07) is 8.31. The number of aryl methyl sites for hydroxylation is 1. The number of halogens is 1. The van der Waals surface area contributed by atoms with Gasteiger partial charge in [0.25, 0.3) is 0 Å². The Balaban J connectivity index is 1.81. The number of pyridine rings is 1. The molecule has 1 aliphatic rings. The van der Waals surface area contributed by atoms with Crippen molar-refractivity contribution in [3.8, 4) is 5.88 Å². The number of unbranched alkanes of at least 4 members (excludes halogenated alkanes) is 1. The van der Waals surface area contributed by atoms with Crippen LogP contribution in [-0.2, 0) is 14.9 Å². The van der Waals surface area contributed by atoms with Crippen LogP contribution in [-0.4, -0.2) is 30.7 Å². The lowest BCUT2D eigenvalue weighted by molar-refractivity contribution is -0.125. The number of benzene rings is 1. The maximum absolute atomic E-state index is 14.5. The SMILES string of the molecule is CCCCOc1ncc(NC(=O)C2(c3ccccc3F)CCOCC2)cc1C. The summed E-state index contributed by atoms with van der Waals surface area (Å²) >= 11 is 0. The van der Waals surface area contributed by atoms with E-state index in [0.29, 0.717) is 49.8 Å². The molecular formula is C22H27FN2O3. The van der Waals surface area contributed by atoms with Gasteiger partial charge < -0.3 is 14.8 Å². The number of nitrogens with zero attached hydrogens (tertiary/aromatic N) is 1. The van der Waals surface area contributed by atoms with Crippen LogP contribution in [0.5, 0.6) is 5.88 Å². The van der Waals surface area contributed by atoms with Crippen LogP contribution in [0.1, 0.15) is 43.7 Å². The summed E-state index contributed by atoms with van der Waals surface area (Å²) in [5.74, 6) is -0.0309. The van der Waals surface area contributed by atoms with Crippen LogP contribution < -0.4 is 10.1 Å². The quantitative estimate of drug-likeness (QED) is 0.717. The molecule has 1 amide bonds. The zero-order valence-corrected chi connectivity index (χ0v) is 16.5. The number of hydrogen-bond donors (Lipinski definition) is 1. The molecule has 6 heteroatoms. The molecule has 1 N–H and O–H groups in total. The van der Waals surface area contributed by atoms with E-state index in [1.54, 1.807) is 24.4 Å². The Kier molecular flexibility index (Phi) is 6.62. The van der Waals surface area contributed by atoms with Crippen LogP contribution in [0, 0.1) is 12.7 Å². The molecule has 2 heterocycles. The molecule has 1 aromatic carbocycles. The third-order valence-corrected chi connectivity index (χ3v) is 5.20. The average Bonchev–Trinajstić information content (AvgIpc) is 2.70. The summed E-state index contributed by atoms with van der Waals surface area (Å²) < 4.78 is 25.6. The second-order valence-corrected chi connectivity index (χ2v) is 7.18. The summed E-state index contributed by atoms with van der Waals surface area (Å²) in [6.45, 7) is 5.45. The largest absolute Gasteiger partial charge is 0.477 e. The summed E-state index contributed by atoms with van der Waals surface area (Å²) in [6.07, 6.45) is 4.47. The Morgan fingerprint density at radius 3 is 2.75 bits per heavy atom. The molecule has 1 fully saturated rings. The van der Waals surface area contributed by atoms with Crippen molar-refractivity contribution in [2.45, 2.75) is 44.9 Å². The molecule has 0 aliphatic carbocycles. The molecule has 5 nitrogen and oxygen atoms in total. The molecule has 3 rings (SSSR count). The van der Waals surface area contributed by atoms with Crippen LogP contribution in [0.25, 0.3) is 0 Å². The molecule has 2 aromatic rings. The number of rotatable bonds is 7. The minimum atomic E-state index is -0.951. The third kappa shape index (κ3) is 4.33. The van der Waals surface area contributed by atoms with E-state index in [-0.39, 0.29) is 11.7 Å². The topological polar surface area (TPSA) is 60.5 Å². The zero-order valence-electron chi connectivity index (χ0n) is 16.5. The van der Waals surface area contributed by atoms with Crippen LogP contribution >= 0.6 is 0 Å². The monoisotopic (exact) mass is 386 g/mol. The van der Waals surface area contributed by atoms with Crippen molar-refractivity contribution in [2.24, 2.45) is 0 Å². The molecule has 0 unspecified atom stereocenters. The van der Waals surface area contributed by atoms with Crippen LogP contribution in [0.3, 0.4) is 0 Å². The van der Waals surface area contributed by atoms with Gasteiger partial charge in [0.2, 0.25) is 11.8 Å². The molecule has 0 bridgehead atoms. The van der Waals surface area contributed by atoms with Crippen LogP contribution in [0.15, 0.2) is 36.5 Å². The predicted octanol–water partition coefficient (Wildman–Crippen LogP) is 4.39. The first kappa shape index (κ1) is 20.3. The molecule has 0 saturated carbocycles. The highest BCUT2D eigenvalue weighted by Crippen LogP contribution is 2.37. The number of carbonyl (C=O) groups excluding carboxylic acids is 1. The zero-order chi connectivity index (χ0) is 20.0. The van der Waals surface area contributed by atoms with Crippen molar-refractivity contribution in [3.05, 3.63) is 53.5 Å². The first-order chi connectivity index (χ1) is 13.6. The highest BCUT2D eigenvalue weighted by Gasteiger charge is 2.43. The minimum absolute atomic E-state index is 0.234. The Bertz CT molecular complexity index is 819. The standard InChI is InChI=1S/C22H27FN2O3/c1-3-4-11-28-20-16(2)14-17(15-24-20)25-21(26)22(9-12-27-13-10-22)18-7-5-6-8-19(18)23/h5-8,14-15H,3-4,9-13H2,1-2H3,(H,25,26). The summed E-state index contributed by atoms with van der Waals surface area (Å²) in [5, 5.41) is 2.93. The molecular weight excluding hydrogens is 359 g/mol. The summed E-state index contributed by atoms with van der Waals surface area (Å²) in [5.41, 5.74) is 0.890. The molecule has 1 saturated heterocycles. The highest BCUT2D eigenvalue weighted by atomic mass is 19.1. The van der Waals surface area contributed by atoms with E-state index < -0.39 is 5.41 Å². The predicted molar refractivity (Wildman–Crippen MR) is 106 cm³/mol. The van der Waals surface area contributed by atoms with Gasteiger partial charge in [-0.25, -0.2) is 9.37 Å². The molecule has 0 atom stereocenters. The first-order valence-corrected chi connectivity index (χ1v) is 9.80. The van der Waals surface area contributed by atoms with Gasteiger partial charge in [-0.05, 0) is 38.3 Å². The number of amides is 1. The Hall–Kier alpha value is -2.47. The fourth-order valence-electron chi connectivity index (χ4n) is 3.53. The van der Waals surface area contributed by atoms with Gasteiger partial charge in [0.05, 0.1) is 23.9 Å². The molecule has 0 radical (unpaired) electrons. The Morgan fingerprint density at radius 1 is 1.32 bits per heavy atom. The normalized spacial score (nSPS) is 15.8.